The van der Waals surface area contributed by atoms with Gasteiger partial charge in [-0.05, 0) is 25.3 Å². The number of hydrogen-bond donors (Lipinski definition) is 1. The summed E-state index contributed by atoms with van der Waals surface area (Å²) in [6.45, 7) is 5.56. The van der Waals surface area contributed by atoms with Crippen molar-refractivity contribution < 1.29 is 4.79 Å². The van der Waals surface area contributed by atoms with Crippen LogP contribution in [0.4, 0.5) is 11.5 Å². The second-order valence-corrected chi connectivity index (χ2v) is 6.18. The molecule has 5 nitrogen and oxygen atoms in total. The topological polar surface area (TPSA) is 48.5 Å². The van der Waals surface area contributed by atoms with Crippen LogP contribution in [0, 0.1) is 0 Å². The van der Waals surface area contributed by atoms with Gasteiger partial charge in [0.1, 0.15) is 5.82 Å². The maximum Gasteiger partial charge on any atom is 0.225 e. The lowest BCUT2D eigenvalue weighted by Crippen LogP contribution is -2.52. The Morgan fingerprint density at radius 2 is 2.19 bits per heavy atom. The number of carbonyl (C=O) groups is 1. The van der Waals surface area contributed by atoms with Gasteiger partial charge in [0.15, 0.2) is 0 Å². The number of fused-ring (bicyclic) bond motifs is 1. The van der Waals surface area contributed by atoms with Crippen LogP contribution in [0.15, 0.2) is 12.3 Å². The van der Waals surface area contributed by atoms with Gasteiger partial charge in [-0.15, -0.1) is 0 Å². The molecule has 1 aromatic heterocycles. The molecule has 1 spiro atoms. The summed E-state index contributed by atoms with van der Waals surface area (Å²) in [5.74, 6) is 0.964. The first-order chi connectivity index (χ1) is 9.69. The second-order valence-electron chi connectivity index (χ2n) is 6.18. The number of pyridine rings is 1. The van der Waals surface area contributed by atoms with Crippen molar-refractivity contribution in [3.05, 3.63) is 17.8 Å². The Morgan fingerprint density at radius 3 is 2.90 bits per heavy atom. The van der Waals surface area contributed by atoms with Gasteiger partial charge in [0.25, 0.3) is 0 Å². The van der Waals surface area contributed by atoms with E-state index in [2.05, 4.69) is 21.3 Å². The van der Waals surface area contributed by atoms with E-state index in [0.717, 1.165) is 38.4 Å². The van der Waals surface area contributed by atoms with Gasteiger partial charge in [0, 0.05) is 56.1 Å². The molecule has 1 aromatic rings. The molecule has 114 valence electrons. The number of carbonyl (C=O) groups excluding carboxylic acids is 1. The summed E-state index contributed by atoms with van der Waals surface area (Å²) in [5.41, 5.74) is 2.90. The van der Waals surface area contributed by atoms with Gasteiger partial charge in [0.2, 0.25) is 5.91 Å². The fourth-order valence-corrected chi connectivity index (χ4v) is 3.52. The molecular weight excluding hydrogens is 264 g/mol. The Balaban J connectivity index is 0.00000132. The molecule has 21 heavy (non-hydrogen) atoms. The molecule has 0 radical (unpaired) electrons. The highest BCUT2D eigenvalue weighted by Gasteiger charge is 2.46. The Hall–Kier alpha value is -1.62. The largest absolute Gasteiger partial charge is 0.368 e. The van der Waals surface area contributed by atoms with Crippen LogP contribution < -0.4 is 15.1 Å². The van der Waals surface area contributed by atoms with Crippen LogP contribution in [-0.2, 0) is 11.2 Å². The number of aromatic nitrogens is 1. The first-order valence-corrected chi connectivity index (χ1v) is 7.45. The van der Waals surface area contributed by atoms with Crippen molar-refractivity contribution in [2.24, 2.45) is 0 Å². The molecule has 0 bridgehead atoms. The number of nitrogens with one attached hydrogen (secondary N) is 1. The molecule has 2 aliphatic heterocycles. The molecule has 2 fully saturated rings. The zero-order valence-corrected chi connectivity index (χ0v) is 11.9. The third-order valence-corrected chi connectivity index (χ3v) is 4.80. The van der Waals surface area contributed by atoms with E-state index in [1.54, 1.807) is 11.8 Å². The summed E-state index contributed by atoms with van der Waals surface area (Å²) in [7, 11) is 0. The van der Waals surface area contributed by atoms with Gasteiger partial charge >= 0.3 is 0 Å². The van der Waals surface area contributed by atoms with Crippen molar-refractivity contribution in [2.45, 2.75) is 39.2 Å². The first kappa shape index (κ1) is 14.3. The van der Waals surface area contributed by atoms with Crippen molar-refractivity contribution in [2.75, 3.05) is 36.0 Å². The maximum absolute atomic E-state index is 11.7. The van der Waals surface area contributed by atoms with Crippen LogP contribution in [0.25, 0.3) is 0 Å². The molecule has 5 heteroatoms. The van der Waals surface area contributed by atoms with Crippen LogP contribution in [0.2, 0.25) is 0 Å². The zero-order valence-electron chi connectivity index (χ0n) is 11.9. The predicted molar refractivity (Wildman–Crippen MR) is 84.9 cm³/mol. The summed E-state index contributed by atoms with van der Waals surface area (Å²) in [6, 6.07) is 2.11. The third-order valence-electron chi connectivity index (χ3n) is 4.80. The smallest absolute Gasteiger partial charge is 0.225 e. The fraction of sp³-hybridized carbons (Fsp3) is 0.625. The number of rotatable bonds is 1. The number of anilines is 2. The lowest BCUT2D eigenvalue weighted by atomic mass is 10.1. The van der Waals surface area contributed by atoms with Gasteiger partial charge in [-0.1, -0.05) is 7.43 Å². The SMILES string of the molecule is C.CC(=O)N1CCc2c(N3CCNC4(CC4)C3)ccnc21. The van der Waals surface area contributed by atoms with Gasteiger partial charge in [0.05, 0.1) is 0 Å². The molecule has 1 saturated carbocycles. The minimum Gasteiger partial charge on any atom is -0.368 e. The third kappa shape index (κ3) is 2.29. The molecule has 3 aliphatic rings. The minimum atomic E-state index is 0. The average Bonchev–Trinajstić information content (AvgIpc) is 3.04. The molecule has 4 rings (SSSR count). The molecule has 0 unspecified atom stereocenters. The van der Waals surface area contributed by atoms with Crippen molar-refractivity contribution >= 4 is 17.4 Å². The van der Waals surface area contributed by atoms with Crippen molar-refractivity contribution in [1.29, 1.82) is 0 Å². The molecule has 1 aliphatic carbocycles. The van der Waals surface area contributed by atoms with E-state index in [4.69, 9.17) is 0 Å². The quantitative estimate of drug-likeness (QED) is 0.852. The number of nitrogens with zero attached hydrogens (tertiary/aromatic N) is 3. The summed E-state index contributed by atoms with van der Waals surface area (Å²) in [5, 5.41) is 3.64. The monoisotopic (exact) mass is 288 g/mol. The van der Waals surface area contributed by atoms with Gasteiger partial charge < -0.3 is 10.2 Å². The lowest BCUT2D eigenvalue weighted by Gasteiger charge is -2.36. The van der Waals surface area contributed by atoms with Crippen LogP contribution in [-0.4, -0.2) is 42.6 Å². The Kier molecular flexibility index (Phi) is 3.40. The van der Waals surface area contributed by atoms with E-state index in [-0.39, 0.29) is 13.3 Å². The number of amides is 1. The van der Waals surface area contributed by atoms with E-state index in [9.17, 15) is 4.79 Å². The van der Waals surface area contributed by atoms with Gasteiger partial charge in [-0.3, -0.25) is 9.69 Å². The van der Waals surface area contributed by atoms with Crippen LogP contribution in [0.1, 0.15) is 32.8 Å². The highest BCUT2D eigenvalue weighted by molar-refractivity contribution is 5.93. The average molecular weight is 288 g/mol. The van der Waals surface area contributed by atoms with Crippen molar-refractivity contribution in [3.8, 4) is 0 Å². The van der Waals surface area contributed by atoms with Crippen LogP contribution in [0.5, 0.6) is 0 Å². The Labute approximate surface area is 126 Å². The predicted octanol–water partition coefficient (Wildman–Crippen LogP) is 1.57. The van der Waals surface area contributed by atoms with Gasteiger partial charge in [-0.25, -0.2) is 4.98 Å². The highest BCUT2D eigenvalue weighted by Crippen LogP contribution is 2.41. The summed E-state index contributed by atoms with van der Waals surface area (Å²) < 4.78 is 0. The highest BCUT2D eigenvalue weighted by atomic mass is 16.2. The number of hydrogen-bond acceptors (Lipinski definition) is 4. The molecule has 1 N–H and O–H groups in total. The van der Waals surface area contributed by atoms with Gasteiger partial charge in [-0.2, -0.15) is 0 Å². The maximum atomic E-state index is 11.7. The summed E-state index contributed by atoms with van der Waals surface area (Å²) in [4.78, 5) is 20.4. The van der Waals surface area contributed by atoms with E-state index in [1.165, 1.54) is 24.1 Å². The first-order valence-electron chi connectivity index (χ1n) is 7.45. The molecule has 3 heterocycles. The molecule has 0 aromatic carbocycles. The number of piperazine rings is 1. The Morgan fingerprint density at radius 1 is 1.38 bits per heavy atom. The summed E-state index contributed by atoms with van der Waals surface area (Å²) >= 11 is 0. The molecule has 1 amide bonds. The van der Waals surface area contributed by atoms with Crippen molar-refractivity contribution in [3.63, 3.8) is 0 Å². The zero-order chi connectivity index (χ0) is 13.7. The van der Waals surface area contributed by atoms with Crippen LogP contribution >= 0.6 is 0 Å². The molecule has 0 atom stereocenters. The minimum absolute atomic E-state index is 0. The fourth-order valence-electron chi connectivity index (χ4n) is 3.52. The molecule has 1 saturated heterocycles. The normalized spacial score (nSPS) is 22.0. The lowest BCUT2D eigenvalue weighted by molar-refractivity contribution is -0.116. The standard InChI is InChI=1S/C15H20N4O.CH4/c1-11(20)19-8-3-12-13(2-6-16-14(12)19)18-9-7-17-15(10-18)4-5-15;/h2,6,17H,3-5,7-10H2,1H3;1H4. The molecular formula is C16H24N4O. The van der Waals surface area contributed by atoms with Crippen LogP contribution in [0.3, 0.4) is 0 Å². The van der Waals surface area contributed by atoms with E-state index in [1.807, 2.05) is 6.20 Å². The van der Waals surface area contributed by atoms with E-state index < -0.39 is 0 Å². The van der Waals surface area contributed by atoms with E-state index >= 15 is 0 Å². The van der Waals surface area contributed by atoms with Crippen molar-refractivity contribution in [1.82, 2.24) is 10.3 Å². The summed E-state index contributed by atoms with van der Waals surface area (Å²) in [6.07, 6.45) is 5.35. The second kappa shape index (κ2) is 4.98. The Bertz CT molecular complexity index is 567. The van der Waals surface area contributed by atoms with E-state index in [0.29, 0.717) is 5.54 Å².